The van der Waals surface area contributed by atoms with E-state index in [2.05, 4.69) is 10.4 Å². The zero-order valence-corrected chi connectivity index (χ0v) is 21.2. The fourth-order valence-corrected chi connectivity index (χ4v) is 4.10. The quantitative estimate of drug-likeness (QED) is 0.338. The van der Waals surface area contributed by atoms with Gasteiger partial charge in [0.2, 0.25) is 0 Å². The number of amides is 1. The van der Waals surface area contributed by atoms with Crippen molar-refractivity contribution in [1.82, 2.24) is 19.7 Å². The van der Waals surface area contributed by atoms with Crippen LogP contribution < -0.4 is 15.6 Å². The van der Waals surface area contributed by atoms with E-state index in [1.54, 1.807) is 27.7 Å². The van der Waals surface area contributed by atoms with E-state index in [9.17, 15) is 14.0 Å². The minimum absolute atomic E-state index is 0.00601. The molecule has 0 radical (unpaired) electrons. The molecular weight excluding hydrogens is 499 g/mol. The molecule has 8 nitrogen and oxygen atoms in total. The monoisotopic (exact) mass is 524 g/mol. The first-order chi connectivity index (χ1) is 17.9. The fourth-order valence-electron chi connectivity index (χ4n) is 3.87. The van der Waals surface area contributed by atoms with Gasteiger partial charge in [0.05, 0.1) is 32.4 Å². The Morgan fingerprint density at radius 2 is 1.81 bits per heavy atom. The first-order valence-corrected chi connectivity index (χ1v) is 11.8. The van der Waals surface area contributed by atoms with Gasteiger partial charge in [-0.05, 0) is 23.3 Å². The van der Waals surface area contributed by atoms with Crippen LogP contribution in [0.2, 0.25) is 5.02 Å². The van der Waals surface area contributed by atoms with Crippen molar-refractivity contribution in [2.45, 2.75) is 26.2 Å². The molecular formula is C27H26ClFN4O4. The van der Waals surface area contributed by atoms with Gasteiger partial charge in [-0.25, -0.2) is 4.39 Å². The average molecular weight is 525 g/mol. The third-order valence-electron chi connectivity index (χ3n) is 5.72. The Labute approximate surface area is 218 Å². The Bertz CT molecular complexity index is 1450. The second-order valence-corrected chi connectivity index (χ2v) is 8.80. The summed E-state index contributed by atoms with van der Waals surface area (Å²) < 4.78 is 28.0. The minimum atomic E-state index is -0.583. The zero-order valence-electron chi connectivity index (χ0n) is 20.4. The lowest BCUT2D eigenvalue weighted by Gasteiger charge is -2.10. The van der Waals surface area contributed by atoms with Crippen molar-refractivity contribution < 1.29 is 18.7 Å². The van der Waals surface area contributed by atoms with Crippen LogP contribution in [0.3, 0.4) is 0 Å². The topological polar surface area (TPSA) is 87.4 Å². The van der Waals surface area contributed by atoms with Gasteiger partial charge in [-0.15, -0.1) is 0 Å². The van der Waals surface area contributed by atoms with Crippen molar-refractivity contribution >= 4 is 17.5 Å². The van der Waals surface area contributed by atoms with Crippen LogP contribution in [0.1, 0.15) is 32.7 Å². The van der Waals surface area contributed by atoms with E-state index in [0.29, 0.717) is 29.4 Å². The molecule has 0 spiro atoms. The number of aromatic nitrogens is 3. The van der Waals surface area contributed by atoms with Crippen molar-refractivity contribution in [2.75, 3.05) is 14.2 Å². The second-order valence-electron chi connectivity index (χ2n) is 8.37. The molecule has 2 heterocycles. The molecule has 0 fully saturated rings. The van der Waals surface area contributed by atoms with Gasteiger partial charge in [-0.2, -0.15) is 5.10 Å². The van der Waals surface area contributed by atoms with E-state index in [0.717, 1.165) is 11.1 Å². The smallest absolute Gasteiger partial charge is 0.255 e. The van der Waals surface area contributed by atoms with Gasteiger partial charge in [-0.1, -0.05) is 41.9 Å². The Morgan fingerprint density at radius 1 is 1.08 bits per heavy atom. The van der Waals surface area contributed by atoms with E-state index >= 15 is 0 Å². The number of ether oxygens (including phenoxy) is 2. The number of carbonyl (C=O) groups is 1. The van der Waals surface area contributed by atoms with E-state index in [4.69, 9.17) is 21.1 Å². The molecule has 2 aromatic carbocycles. The highest BCUT2D eigenvalue weighted by Gasteiger charge is 2.18. The van der Waals surface area contributed by atoms with E-state index in [1.165, 1.54) is 32.4 Å². The Hall–Kier alpha value is -3.95. The van der Waals surface area contributed by atoms with Crippen LogP contribution >= 0.6 is 11.6 Å². The number of nitrogens with one attached hydrogen (secondary N) is 1. The number of benzene rings is 2. The van der Waals surface area contributed by atoms with Crippen LogP contribution in [0.25, 0.3) is 0 Å². The highest BCUT2D eigenvalue weighted by atomic mass is 35.5. The lowest BCUT2D eigenvalue weighted by atomic mass is 10.1. The molecule has 0 bridgehead atoms. The van der Waals surface area contributed by atoms with E-state index in [1.807, 2.05) is 30.3 Å². The standard InChI is InChI=1S/C27H26ClFN4O4/c1-36-17-23-22(27(35)30-13-20-11-21(28)12-24(37-2)26(20)29)16-33(31-23)15-19-8-6-18(7-9-19)14-32-10-4-3-5-25(32)34/h3-12,16H,13-15,17H2,1-2H3,(H,30,35). The summed E-state index contributed by atoms with van der Waals surface area (Å²) in [6, 6.07) is 15.7. The van der Waals surface area contributed by atoms with Crippen LogP contribution in [0.4, 0.5) is 4.39 Å². The van der Waals surface area contributed by atoms with Crippen LogP contribution in [0.5, 0.6) is 5.75 Å². The van der Waals surface area contributed by atoms with Crippen molar-refractivity contribution in [3.05, 3.63) is 116 Å². The number of halogens is 2. The number of rotatable bonds is 10. The maximum absolute atomic E-state index is 14.5. The molecule has 1 N–H and O–H groups in total. The predicted molar refractivity (Wildman–Crippen MR) is 137 cm³/mol. The normalized spacial score (nSPS) is 10.9. The summed E-state index contributed by atoms with van der Waals surface area (Å²) in [6.45, 7) is 0.962. The summed E-state index contributed by atoms with van der Waals surface area (Å²) in [5, 5.41) is 7.52. The van der Waals surface area contributed by atoms with Gasteiger partial charge in [0.15, 0.2) is 11.6 Å². The molecule has 0 aliphatic carbocycles. The maximum atomic E-state index is 14.5. The first-order valence-electron chi connectivity index (χ1n) is 11.5. The lowest BCUT2D eigenvalue weighted by Crippen LogP contribution is -2.24. The summed E-state index contributed by atoms with van der Waals surface area (Å²) in [4.78, 5) is 24.9. The largest absolute Gasteiger partial charge is 0.494 e. The average Bonchev–Trinajstić information content (AvgIpc) is 3.29. The Morgan fingerprint density at radius 3 is 2.49 bits per heavy atom. The summed E-state index contributed by atoms with van der Waals surface area (Å²) >= 11 is 6.03. The molecule has 0 saturated heterocycles. The Kier molecular flexibility index (Phi) is 8.37. The third-order valence-corrected chi connectivity index (χ3v) is 5.94. The van der Waals surface area contributed by atoms with Crippen molar-refractivity contribution in [1.29, 1.82) is 0 Å². The predicted octanol–water partition coefficient (Wildman–Crippen LogP) is 4.02. The molecule has 0 saturated carbocycles. The van der Waals surface area contributed by atoms with Gasteiger partial charge >= 0.3 is 0 Å². The van der Waals surface area contributed by atoms with Gasteiger partial charge in [0.25, 0.3) is 11.5 Å². The molecule has 0 atom stereocenters. The summed E-state index contributed by atoms with van der Waals surface area (Å²) in [5.74, 6) is -0.993. The van der Waals surface area contributed by atoms with Crippen LogP contribution in [0.15, 0.2) is 71.8 Å². The number of pyridine rings is 1. The summed E-state index contributed by atoms with van der Waals surface area (Å²) in [7, 11) is 2.87. The molecule has 10 heteroatoms. The van der Waals surface area contributed by atoms with Crippen LogP contribution in [-0.2, 0) is 31.0 Å². The molecule has 4 rings (SSSR count). The van der Waals surface area contributed by atoms with Crippen LogP contribution in [0, 0.1) is 5.82 Å². The lowest BCUT2D eigenvalue weighted by molar-refractivity contribution is 0.0945. The molecule has 2 aromatic heterocycles. The zero-order chi connectivity index (χ0) is 26.4. The highest BCUT2D eigenvalue weighted by Crippen LogP contribution is 2.26. The van der Waals surface area contributed by atoms with Gasteiger partial charge in [0, 0.05) is 48.8 Å². The van der Waals surface area contributed by atoms with Gasteiger partial charge in [0.1, 0.15) is 5.69 Å². The highest BCUT2D eigenvalue weighted by molar-refractivity contribution is 6.30. The van der Waals surface area contributed by atoms with Gasteiger partial charge < -0.3 is 19.4 Å². The number of hydrogen-bond acceptors (Lipinski definition) is 5. The van der Waals surface area contributed by atoms with Crippen LogP contribution in [-0.4, -0.2) is 34.5 Å². The second kappa shape index (κ2) is 11.9. The number of carbonyl (C=O) groups excluding carboxylic acids is 1. The minimum Gasteiger partial charge on any atom is -0.494 e. The number of nitrogens with zero attached hydrogens (tertiary/aromatic N) is 3. The molecule has 0 aliphatic rings. The molecule has 0 unspecified atom stereocenters. The van der Waals surface area contributed by atoms with Crippen molar-refractivity contribution in [3.8, 4) is 5.75 Å². The van der Waals surface area contributed by atoms with Gasteiger partial charge in [-0.3, -0.25) is 14.3 Å². The summed E-state index contributed by atoms with van der Waals surface area (Å²) in [5.41, 5.74) is 2.90. The molecule has 0 aliphatic heterocycles. The fraction of sp³-hybridized carbons (Fsp3) is 0.222. The first kappa shape index (κ1) is 26.1. The third kappa shape index (κ3) is 6.44. The van der Waals surface area contributed by atoms with Crippen molar-refractivity contribution in [3.63, 3.8) is 0 Å². The molecule has 37 heavy (non-hydrogen) atoms. The molecule has 4 aromatic rings. The summed E-state index contributed by atoms with van der Waals surface area (Å²) in [6.07, 6.45) is 3.39. The molecule has 1 amide bonds. The van der Waals surface area contributed by atoms with Crippen molar-refractivity contribution in [2.24, 2.45) is 0 Å². The van der Waals surface area contributed by atoms with E-state index in [-0.39, 0.29) is 30.0 Å². The maximum Gasteiger partial charge on any atom is 0.255 e. The number of hydrogen-bond donors (Lipinski definition) is 1. The Balaban J connectivity index is 1.46. The number of methoxy groups -OCH3 is 2. The SMILES string of the molecule is COCc1nn(Cc2ccc(Cn3ccccc3=O)cc2)cc1C(=O)NCc1cc(Cl)cc(OC)c1F. The molecule has 192 valence electrons. The van der Waals surface area contributed by atoms with E-state index < -0.39 is 11.7 Å².